The van der Waals surface area contributed by atoms with Crippen LogP contribution in [0.3, 0.4) is 0 Å². The van der Waals surface area contributed by atoms with Crippen molar-refractivity contribution in [3.05, 3.63) is 34.9 Å². The van der Waals surface area contributed by atoms with Gasteiger partial charge in [0.25, 0.3) is 0 Å². The van der Waals surface area contributed by atoms with E-state index in [0.717, 1.165) is 38.4 Å². The van der Waals surface area contributed by atoms with Gasteiger partial charge in [-0.05, 0) is 50.0 Å². The monoisotopic (exact) mass is 300 g/mol. The first kappa shape index (κ1) is 15.8. The minimum absolute atomic E-state index is 0.0560. The second-order valence-electron chi connectivity index (χ2n) is 5.62. The van der Waals surface area contributed by atoms with Crippen molar-refractivity contribution in [2.75, 3.05) is 20.1 Å². The molecule has 0 saturated carbocycles. The summed E-state index contributed by atoms with van der Waals surface area (Å²) in [7, 11) is 1.97. The van der Waals surface area contributed by atoms with Gasteiger partial charge in [-0.15, -0.1) is 0 Å². The van der Waals surface area contributed by atoms with E-state index in [2.05, 4.69) is 4.90 Å². The molecule has 0 aliphatic carbocycles. The predicted octanol–water partition coefficient (Wildman–Crippen LogP) is 3.00. The summed E-state index contributed by atoms with van der Waals surface area (Å²) in [6.07, 6.45) is -1.67. The van der Waals surface area contributed by atoms with E-state index in [9.17, 15) is 18.0 Å². The minimum Gasteiger partial charge on any atom is -0.366 e. The van der Waals surface area contributed by atoms with Gasteiger partial charge in [-0.1, -0.05) is 12.5 Å². The number of amides is 1. The van der Waals surface area contributed by atoms with Crippen molar-refractivity contribution in [3.8, 4) is 0 Å². The number of carbonyl (C=O) groups is 1. The summed E-state index contributed by atoms with van der Waals surface area (Å²) in [4.78, 5) is 13.3. The normalized spacial score (nSPS) is 21.0. The van der Waals surface area contributed by atoms with E-state index >= 15 is 0 Å². The topological polar surface area (TPSA) is 46.3 Å². The molecular weight excluding hydrogens is 281 g/mol. The van der Waals surface area contributed by atoms with Gasteiger partial charge in [-0.2, -0.15) is 13.2 Å². The fourth-order valence-electron chi connectivity index (χ4n) is 2.87. The number of carbonyl (C=O) groups excluding carboxylic acids is 1. The molecule has 1 atom stereocenters. The highest BCUT2D eigenvalue weighted by Crippen LogP contribution is 2.35. The summed E-state index contributed by atoms with van der Waals surface area (Å²) in [6, 6.07) is 3.88. The smallest absolute Gasteiger partial charge is 0.366 e. The molecule has 0 spiro atoms. The van der Waals surface area contributed by atoms with Crippen molar-refractivity contribution >= 4 is 5.91 Å². The van der Waals surface area contributed by atoms with Crippen molar-refractivity contribution in [1.29, 1.82) is 0 Å². The Morgan fingerprint density at radius 3 is 2.67 bits per heavy atom. The van der Waals surface area contributed by atoms with E-state index in [-0.39, 0.29) is 5.92 Å². The average molecular weight is 300 g/mol. The van der Waals surface area contributed by atoms with E-state index in [4.69, 9.17) is 5.73 Å². The molecule has 1 saturated heterocycles. The number of nitrogens with zero attached hydrogens (tertiary/aromatic N) is 1. The third kappa shape index (κ3) is 3.75. The zero-order valence-electron chi connectivity index (χ0n) is 11.9. The van der Waals surface area contributed by atoms with Gasteiger partial charge in [0.15, 0.2) is 0 Å². The number of nitrogens with two attached hydrogens (primary N) is 1. The Balaban J connectivity index is 2.39. The first-order valence-corrected chi connectivity index (χ1v) is 6.98. The lowest BCUT2D eigenvalue weighted by Gasteiger charge is -2.22. The van der Waals surface area contributed by atoms with E-state index in [1.807, 2.05) is 7.05 Å². The lowest BCUT2D eigenvalue weighted by Crippen LogP contribution is -2.24. The molecule has 0 radical (unpaired) electrons. The van der Waals surface area contributed by atoms with Gasteiger partial charge in [0.05, 0.1) is 11.1 Å². The van der Waals surface area contributed by atoms with Crippen LogP contribution in [0.1, 0.15) is 46.7 Å². The van der Waals surface area contributed by atoms with Gasteiger partial charge in [-0.25, -0.2) is 0 Å². The largest absolute Gasteiger partial charge is 0.417 e. The van der Waals surface area contributed by atoms with Gasteiger partial charge < -0.3 is 10.6 Å². The summed E-state index contributed by atoms with van der Waals surface area (Å²) in [5.41, 5.74) is 4.27. The number of benzene rings is 1. The van der Waals surface area contributed by atoms with E-state index in [1.165, 1.54) is 6.07 Å². The van der Waals surface area contributed by atoms with Crippen LogP contribution in [0.25, 0.3) is 0 Å². The Morgan fingerprint density at radius 1 is 1.33 bits per heavy atom. The number of rotatable bonds is 2. The molecule has 1 aromatic carbocycles. The van der Waals surface area contributed by atoms with Gasteiger partial charge in [0.1, 0.15) is 0 Å². The molecule has 1 fully saturated rings. The number of halogens is 3. The summed E-state index contributed by atoms with van der Waals surface area (Å²) < 4.78 is 39.3. The van der Waals surface area contributed by atoms with Crippen molar-refractivity contribution in [3.63, 3.8) is 0 Å². The zero-order valence-corrected chi connectivity index (χ0v) is 11.9. The lowest BCUT2D eigenvalue weighted by molar-refractivity contribution is -0.138. The highest BCUT2D eigenvalue weighted by molar-refractivity contribution is 5.94. The first-order valence-electron chi connectivity index (χ1n) is 6.98. The van der Waals surface area contributed by atoms with Gasteiger partial charge in [0.2, 0.25) is 5.91 Å². The molecule has 1 aliphatic rings. The summed E-state index contributed by atoms with van der Waals surface area (Å²) >= 11 is 0. The van der Waals surface area contributed by atoms with Crippen LogP contribution in [-0.2, 0) is 6.18 Å². The maximum absolute atomic E-state index is 13.1. The summed E-state index contributed by atoms with van der Waals surface area (Å²) in [5.74, 6) is -0.993. The van der Waals surface area contributed by atoms with Crippen LogP contribution in [0.4, 0.5) is 13.2 Å². The van der Waals surface area contributed by atoms with Crippen LogP contribution >= 0.6 is 0 Å². The first-order chi connectivity index (χ1) is 9.79. The molecule has 116 valence electrons. The lowest BCUT2D eigenvalue weighted by atomic mass is 9.91. The third-order valence-corrected chi connectivity index (χ3v) is 3.96. The molecule has 2 N–H and O–H groups in total. The fraction of sp³-hybridized carbons (Fsp3) is 0.533. The van der Waals surface area contributed by atoms with E-state index in [0.29, 0.717) is 5.56 Å². The molecular formula is C15H19F3N2O. The molecule has 2 rings (SSSR count). The van der Waals surface area contributed by atoms with Crippen molar-refractivity contribution < 1.29 is 18.0 Å². The summed E-state index contributed by atoms with van der Waals surface area (Å²) in [5, 5.41) is 0. The second kappa shape index (κ2) is 6.05. The highest BCUT2D eigenvalue weighted by Gasteiger charge is 2.35. The minimum atomic E-state index is -4.57. The Hall–Kier alpha value is -1.56. The van der Waals surface area contributed by atoms with Crippen LogP contribution in [0.2, 0.25) is 0 Å². The number of primary amides is 1. The van der Waals surface area contributed by atoms with Crippen LogP contribution in [0.15, 0.2) is 18.2 Å². The predicted molar refractivity (Wildman–Crippen MR) is 74.1 cm³/mol. The Labute approximate surface area is 121 Å². The van der Waals surface area contributed by atoms with Crippen molar-refractivity contribution in [2.24, 2.45) is 5.73 Å². The standard InChI is InChI=1S/C15H19F3N2O/c1-20-7-3-2-4-11(9-20)10-5-6-12(14(19)21)13(8-10)15(16,17)18/h5-6,8,11H,2-4,7,9H2,1H3,(H2,19,21). The van der Waals surface area contributed by atoms with Crippen molar-refractivity contribution in [1.82, 2.24) is 4.90 Å². The van der Waals surface area contributed by atoms with Gasteiger partial charge >= 0.3 is 6.18 Å². The van der Waals surface area contributed by atoms with Gasteiger partial charge in [0, 0.05) is 6.54 Å². The molecule has 1 aromatic rings. The quantitative estimate of drug-likeness (QED) is 0.912. The Morgan fingerprint density at radius 2 is 2.05 bits per heavy atom. The Bertz CT molecular complexity index is 528. The van der Waals surface area contributed by atoms with Crippen molar-refractivity contribution in [2.45, 2.75) is 31.4 Å². The molecule has 21 heavy (non-hydrogen) atoms. The maximum atomic E-state index is 13.1. The second-order valence-corrected chi connectivity index (χ2v) is 5.62. The SMILES string of the molecule is CN1CCCCC(c2ccc(C(N)=O)c(C(F)(F)F)c2)C1. The molecule has 0 bridgehead atoms. The summed E-state index contributed by atoms with van der Waals surface area (Å²) in [6.45, 7) is 1.69. The highest BCUT2D eigenvalue weighted by atomic mass is 19.4. The van der Waals surface area contributed by atoms with Crippen LogP contribution in [0, 0.1) is 0 Å². The average Bonchev–Trinajstić information content (AvgIpc) is 2.61. The third-order valence-electron chi connectivity index (χ3n) is 3.96. The number of likely N-dealkylation sites (N-methyl/N-ethyl adjacent to an activating group) is 1. The number of hydrogen-bond donors (Lipinski definition) is 1. The molecule has 1 aliphatic heterocycles. The fourth-order valence-corrected chi connectivity index (χ4v) is 2.87. The number of likely N-dealkylation sites (tertiary alicyclic amines) is 1. The molecule has 1 amide bonds. The zero-order chi connectivity index (χ0) is 15.6. The molecule has 1 unspecified atom stereocenters. The molecule has 0 aromatic heterocycles. The maximum Gasteiger partial charge on any atom is 0.417 e. The van der Waals surface area contributed by atoms with Crippen LogP contribution in [0.5, 0.6) is 0 Å². The Kier molecular flexibility index (Phi) is 4.56. The van der Waals surface area contributed by atoms with Crippen LogP contribution in [-0.4, -0.2) is 30.9 Å². The van der Waals surface area contributed by atoms with Gasteiger partial charge in [-0.3, -0.25) is 4.79 Å². The molecule has 6 heteroatoms. The van der Waals surface area contributed by atoms with E-state index < -0.39 is 23.2 Å². The van der Waals surface area contributed by atoms with E-state index in [1.54, 1.807) is 6.07 Å². The van der Waals surface area contributed by atoms with Crippen LogP contribution < -0.4 is 5.73 Å². The molecule has 3 nitrogen and oxygen atoms in total. The number of hydrogen-bond acceptors (Lipinski definition) is 2. The molecule has 1 heterocycles. The number of alkyl halides is 3.